The van der Waals surface area contributed by atoms with Crippen molar-refractivity contribution >= 4 is 44.1 Å². The van der Waals surface area contributed by atoms with Crippen LogP contribution in [-0.2, 0) is 10.0 Å². The molecule has 0 aliphatic carbocycles. The van der Waals surface area contributed by atoms with Crippen LogP contribution in [0.4, 0.5) is 19.7 Å². The Labute approximate surface area is 189 Å². The molecule has 0 saturated carbocycles. The maximum absolute atomic E-state index is 14.7. The molecule has 0 saturated heterocycles. The Balaban J connectivity index is 1.70. The number of nitrogens with two attached hydrogens (primary N) is 1. The first-order valence-corrected chi connectivity index (χ1v) is 11.3. The maximum Gasteiger partial charge on any atom is 0.266 e. The molecule has 0 aliphatic rings. The monoisotopic (exact) mass is 495 g/mol. The Bertz CT molecular complexity index is 1400. The fourth-order valence-electron chi connectivity index (χ4n) is 2.73. The zero-order valence-corrected chi connectivity index (χ0v) is 18.2. The van der Waals surface area contributed by atoms with Crippen LogP contribution >= 0.6 is 23.1 Å². The number of nitrogen functional groups attached to an aromatic ring is 1. The molecule has 0 fully saturated rings. The first-order valence-electron chi connectivity index (χ1n) is 8.71. The third kappa shape index (κ3) is 4.61. The van der Waals surface area contributed by atoms with Gasteiger partial charge >= 0.3 is 0 Å². The summed E-state index contributed by atoms with van der Waals surface area (Å²) in [5.41, 5.74) is 6.75. The molecule has 0 spiro atoms. The summed E-state index contributed by atoms with van der Waals surface area (Å²) in [6.45, 7) is 0. The van der Waals surface area contributed by atoms with E-state index in [0.717, 1.165) is 17.9 Å². The molecule has 8 nitrogen and oxygen atoms in total. The van der Waals surface area contributed by atoms with Gasteiger partial charge < -0.3 is 10.5 Å². The van der Waals surface area contributed by atoms with E-state index in [1.807, 2.05) is 4.72 Å². The summed E-state index contributed by atoms with van der Waals surface area (Å²) >= 11 is 6.82. The fraction of sp³-hybridized carbons (Fsp3) is 0. The SMILES string of the molecule is Nc1cc(-c2cc(Cl)ccc2Oc2cc(F)c(S(=O)(=O)Nc3ncns3)cc2F)ccn1. The van der Waals surface area contributed by atoms with E-state index in [1.165, 1.54) is 18.3 Å². The highest BCUT2D eigenvalue weighted by atomic mass is 35.5. The highest BCUT2D eigenvalue weighted by molar-refractivity contribution is 7.93. The van der Waals surface area contributed by atoms with Gasteiger partial charge in [0, 0.05) is 40.4 Å². The van der Waals surface area contributed by atoms with E-state index in [1.54, 1.807) is 18.2 Å². The van der Waals surface area contributed by atoms with Gasteiger partial charge in [0.15, 0.2) is 11.6 Å². The van der Waals surface area contributed by atoms with Crippen molar-refractivity contribution in [2.24, 2.45) is 0 Å². The van der Waals surface area contributed by atoms with Crippen LogP contribution in [0, 0.1) is 11.6 Å². The van der Waals surface area contributed by atoms with Gasteiger partial charge in [0.25, 0.3) is 10.0 Å². The first kappa shape index (κ1) is 21.9. The molecule has 0 unspecified atom stereocenters. The normalized spacial score (nSPS) is 11.3. The topological polar surface area (TPSA) is 120 Å². The van der Waals surface area contributed by atoms with Crippen molar-refractivity contribution in [3.8, 4) is 22.6 Å². The predicted molar refractivity (Wildman–Crippen MR) is 116 cm³/mol. The van der Waals surface area contributed by atoms with Crippen LogP contribution in [0.5, 0.6) is 11.5 Å². The zero-order chi connectivity index (χ0) is 22.9. The molecule has 3 N–H and O–H groups in total. The average molecular weight is 496 g/mol. The minimum absolute atomic E-state index is 0.0902. The number of benzene rings is 2. The third-order valence-corrected chi connectivity index (χ3v) is 6.41. The van der Waals surface area contributed by atoms with E-state index in [0.29, 0.717) is 28.3 Å². The van der Waals surface area contributed by atoms with Gasteiger partial charge in [-0.15, -0.1) is 0 Å². The first-order chi connectivity index (χ1) is 15.2. The van der Waals surface area contributed by atoms with Crippen molar-refractivity contribution in [3.63, 3.8) is 0 Å². The summed E-state index contributed by atoms with van der Waals surface area (Å²) < 4.78 is 65.4. The number of rotatable bonds is 6. The molecular formula is C19H12ClF2N5O3S2. The largest absolute Gasteiger partial charge is 0.454 e. The highest BCUT2D eigenvalue weighted by Gasteiger charge is 2.24. The summed E-state index contributed by atoms with van der Waals surface area (Å²) in [5, 5.41) is 0.283. The number of pyridine rings is 1. The Morgan fingerprint density at radius 1 is 1.03 bits per heavy atom. The lowest BCUT2D eigenvalue weighted by molar-refractivity contribution is 0.433. The molecule has 2 aromatic heterocycles. The summed E-state index contributed by atoms with van der Waals surface area (Å²) in [7, 11) is -4.44. The Morgan fingerprint density at radius 3 is 2.56 bits per heavy atom. The second kappa shape index (κ2) is 8.65. The van der Waals surface area contributed by atoms with E-state index >= 15 is 0 Å². The molecule has 0 atom stereocenters. The van der Waals surface area contributed by atoms with Crippen LogP contribution in [0.1, 0.15) is 0 Å². The molecule has 0 amide bonds. The van der Waals surface area contributed by atoms with Gasteiger partial charge in [0.1, 0.15) is 28.6 Å². The number of sulfonamides is 1. The van der Waals surface area contributed by atoms with E-state index in [9.17, 15) is 17.2 Å². The van der Waals surface area contributed by atoms with Crippen LogP contribution in [0.25, 0.3) is 11.1 Å². The van der Waals surface area contributed by atoms with Gasteiger partial charge in [-0.3, -0.25) is 4.72 Å². The van der Waals surface area contributed by atoms with Gasteiger partial charge in [-0.05, 0) is 35.9 Å². The minimum atomic E-state index is -4.44. The van der Waals surface area contributed by atoms with Crippen molar-refractivity contribution in [2.45, 2.75) is 4.90 Å². The molecule has 2 aromatic carbocycles. The Hall–Kier alpha value is -3.35. The second-order valence-electron chi connectivity index (χ2n) is 6.28. The van der Waals surface area contributed by atoms with Crippen molar-refractivity contribution in [2.75, 3.05) is 10.5 Å². The zero-order valence-electron chi connectivity index (χ0n) is 15.8. The van der Waals surface area contributed by atoms with Crippen molar-refractivity contribution < 1.29 is 21.9 Å². The third-order valence-electron chi connectivity index (χ3n) is 4.11. The Morgan fingerprint density at radius 2 is 1.84 bits per heavy atom. The smallest absolute Gasteiger partial charge is 0.266 e. The van der Waals surface area contributed by atoms with Crippen LogP contribution in [0.3, 0.4) is 0 Å². The molecule has 32 heavy (non-hydrogen) atoms. The summed E-state index contributed by atoms with van der Waals surface area (Å²) in [4.78, 5) is 6.66. The number of nitrogens with zero attached hydrogens (tertiary/aromatic N) is 3. The van der Waals surface area contributed by atoms with Crippen LogP contribution in [0.15, 0.2) is 59.9 Å². The molecular weight excluding hydrogens is 484 g/mol. The number of aromatic nitrogens is 3. The lowest BCUT2D eigenvalue weighted by Crippen LogP contribution is -2.15. The number of ether oxygens (including phenoxy) is 1. The van der Waals surface area contributed by atoms with Crippen LogP contribution < -0.4 is 15.2 Å². The molecule has 4 rings (SSSR count). The summed E-state index contributed by atoms with van der Waals surface area (Å²) in [6.07, 6.45) is 2.59. The number of halogens is 3. The number of anilines is 2. The van der Waals surface area contributed by atoms with E-state index in [2.05, 4.69) is 14.3 Å². The van der Waals surface area contributed by atoms with Crippen LogP contribution in [-0.4, -0.2) is 22.8 Å². The van der Waals surface area contributed by atoms with Crippen molar-refractivity contribution in [1.82, 2.24) is 14.3 Å². The fourth-order valence-corrected chi connectivity index (χ4v) is 4.64. The quantitative estimate of drug-likeness (QED) is 0.397. The molecule has 2 heterocycles. The van der Waals surface area contributed by atoms with E-state index in [4.69, 9.17) is 22.1 Å². The number of hydrogen-bond donors (Lipinski definition) is 2. The molecule has 164 valence electrons. The molecule has 0 bridgehead atoms. The van der Waals surface area contributed by atoms with Gasteiger partial charge in [-0.1, -0.05) is 11.6 Å². The molecule has 13 heteroatoms. The predicted octanol–water partition coefficient (Wildman–Crippen LogP) is 4.71. The van der Waals surface area contributed by atoms with Crippen LogP contribution in [0.2, 0.25) is 5.02 Å². The minimum Gasteiger partial charge on any atom is -0.454 e. The lowest BCUT2D eigenvalue weighted by atomic mass is 10.1. The molecule has 4 aromatic rings. The number of nitrogens with one attached hydrogen (secondary N) is 1. The Kier molecular flexibility index (Phi) is 5.91. The van der Waals surface area contributed by atoms with Crippen molar-refractivity contribution in [3.05, 3.63) is 71.6 Å². The number of hydrogen-bond acceptors (Lipinski definition) is 8. The standard InChI is InChI=1S/C19H12ClF2N5O3S2/c20-11-1-2-15(12(6-11)10-3-4-24-18(23)5-10)30-16-7-14(22)17(8-13(16)21)32(28,29)27-19-25-9-26-31-19/h1-9H,(H2,23,24)(H,25,26,27). The van der Waals surface area contributed by atoms with Crippen molar-refractivity contribution in [1.29, 1.82) is 0 Å². The molecule has 0 aliphatic heterocycles. The van der Waals surface area contributed by atoms with Gasteiger partial charge in [0.2, 0.25) is 5.13 Å². The van der Waals surface area contributed by atoms with Gasteiger partial charge in [0.05, 0.1) is 0 Å². The van der Waals surface area contributed by atoms with E-state index < -0.39 is 32.3 Å². The lowest BCUT2D eigenvalue weighted by Gasteiger charge is -2.14. The van der Waals surface area contributed by atoms with Gasteiger partial charge in [-0.2, -0.15) is 4.37 Å². The maximum atomic E-state index is 14.7. The summed E-state index contributed by atoms with van der Waals surface area (Å²) in [6, 6.07) is 8.89. The molecule has 0 radical (unpaired) electrons. The van der Waals surface area contributed by atoms with Gasteiger partial charge in [-0.25, -0.2) is 27.2 Å². The average Bonchev–Trinajstić information content (AvgIpc) is 3.24. The highest BCUT2D eigenvalue weighted by Crippen LogP contribution is 2.37. The second-order valence-corrected chi connectivity index (χ2v) is 9.14. The summed E-state index contributed by atoms with van der Waals surface area (Å²) in [5.74, 6) is -2.46. The van der Waals surface area contributed by atoms with E-state index in [-0.39, 0.29) is 16.7 Å².